The first-order valence-electron chi connectivity index (χ1n) is 4.98. The van der Waals surface area contributed by atoms with Gasteiger partial charge in [0.15, 0.2) is 9.84 Å². The number of nitrogen functional groups attached to an aromatic ring is 1. The molecule has 0 unspecified atom stereocenters. The maximum absolute atomic E-state index is 13.2. The molecule has 0 aliphatic heterocycles. The lowest BCUT2D eigenvalue weighted by molar-refractivity contribution is 0.211. The molecule has 0 aromatic heterocycles. The molecule has 3 nitrogen and oxygen atoms in total. The van der Waals surface area contributed by atoms with Gasteiger partial charge < -0.3 is 5.73 Å². The van der Waals surface area contributed by atoms with E-state index in [1.165, 1.54) is 38.1 Å². The van der Waals surface area contributed by atoms with Crippen molar-refractivity contribution in [1.82, 2.24) is 0 Å². The molecule has 0 heterocycles. The fraction of sp³-hybridized carbons (Fsp3) is 0.455. The summed E-state index contributed by atoms with van der Waals surface area (Å²) in [7, 11) is -3.41. The van der Waals surface area contributed by atoms with Crippen LogP contribution in [0.25, 0.3) is 0 Å². The number of sulfone groups is 1. The van der Waals surface area contributed by atoms with Gasteiger partial charge in [0.05, 0.1) is 10.6 Å². The van der Waals surface area contributed by atoms with Gasteiger partial charge in [0.2, 0.25) is 0 Å². The molecule has 0 spiro atoms. The van der Waals surface area contributed by atoms with Crippen molar-refractivity contribution in [3.63, 3.8) is 0 Å². The van der Waals surface area contributed by atoms with Crippen molar-refractivity contribution in [2.24, 2.45) is 0 Å². The zero-order chi connectivity index (χ0) is 12.4. The zero-order valence-electron chi connectivity index (χ0n) is 9.40. The van der Waals surface area contributed by atoms with Crippen LogP contribution in [0.1, 0.15) is 20.3 Å². The van der Waals surface area contributed by atoms with E-state index in [9.17, 15) is 12.8 Å². The average molecular weight is 245 g/mol. The molecule has 0 aliphatic carbocycles. The van der Waals surface area contributed by atoms with Gasteiger partial charge in [-0.1, -0.05) is 0 Å². The average Bonchev–Trinajstić information content (AvgIpc) is 2.15. The number of benzene rings is 1. The van der Waals surface area contributed by atoms with Crippen LogP contribution in [0.5, 0.6) is 0 Å². The SMILES string of the molecule is CC(C)(F)CCS(=O)(=O)c1ccc(N)cc1. The third kappa shape index (κ3) is 3.81. The van der Waals surface area contributed by atoms with Crippen LogP contribution in [0.2, 0.25) is 0 Å². The van der Waals surface area contributed by atoms with Gasteiger partial charge >= 0.3 is 0 Å². The molecule has 0 aliphatic rings. The fourth-order valence-electron chi connectivity index (χ4n) is 1.17. The first-order chi connectivity index (χ1) is 7.21. The van der Waals surface area contributed by atoms with E-state index in [0.29, 0.717) is 5.69 Å². The van der Waals surface area contributed by atoms with Crippen LogP contribution in [-0.2, 0) is 9.84 Å². The zero-order valence-corrected chi connectivity index (χ0v) is 10.2. The second-order valence-electron chi connectivity index (χ2n) is 4.36. The minimum Gasteiger partial charge on any atom is -0.399 e. The summed E-state index contributed by atoms with van der Waals surface area (Å²) in [5, 5.41) is 0. The lowest BCUT2D eigenvalue weighted by Crippen LogP contribution is -2.18. The Kier molecular flexibility index (Phi) is 3.57. The highest BCUT2D eigenvalue weighted by atomic mass is 32.2. The summed E-state index contributed by atoms with van der Waals surface area (Å²) in [4.78, 5) is 0.186. The highest BCUT2D eigenvalue weighted by molar-refractivity contribution is 7.91. The van der Waals surface area contributed by atoms with Crippen LogP contribution >= 0.6 is 0 Å². The Hall–Kier alpha value is -1.10. The fourth-order valence-corrected chi connectivity index (χ4v) is 2.71. The van der Waals surface area contributed by atoms with Gasteiger partial charge in [-0.05, 0) is 44.5 Å². The molecule has 1 aromatic rings. The quantitative estimate of drug-likeness (QED) is 0.827. The summed E-state index contributed by atoms with van der Waals surface area (Å²) < 4.78 is 36.8. The molecular weight excluding hydrogens is 229 g/mol. The second-order valence-corrected chi connectivity index (χ2v) is 6.47. The number of halogens is 1. The molecule has 0 radical (unpaired) electrons. The smallest absolute Gasteiger partial charge is 0.178 e. The number of anilines is 1. The molecule has 1 aromatic carbocycles. The van der Waals surface area contributed by atoms with E-state index < -0.39 is 15.5 Å². The Balaban J connectivity index is 2.83. The number of hydrogen-bond donors (Lipinski definition) is 1. The predicted molar refractivity (Wildman–Crippen MR) is 62.7 cm³/mol. The minimum absolute atomic E-state index is 0.0142. The van der Waals surface area contributed by atoms with Gasteiger partial charge in [-0.15, -0.1) is 0 Å². The first-order valence-corrected chi connectivity index (χ1v) is 6.63. The normalized spacial score (nSPS) is 12.7. The summed E-state index contributed by atoms with van der Waals surface area (Å²) in [5.74, 6) is -0.194. The summed E-state index contributed by atoms with van der Waals surface area (Å²) >= 11 is 0. The van der Waals surface area contributed by atoms with Gasteiger partial charge in [-0.25, -0.2) is 12.8 Å². The van der Waals surface area contributed by atoms with Crippen LogP contribution in [0, 0.1) is 0 Å². The van der Waals surface area contributed by atoms with Crippen molar-refractivity contribution in [3.05, 3.63) is 24.3 Å². The van der Waals surface area contributed by atoms with Crippen molar-refractivity contribution in [1.29, 1.82) is 0 Å². The molecule has 90 valence electrons. The number of hydrogen-bond acceptors (Lipinski definition) is 3. The summed E-state index contributed by atoms with van der Waals surface area (Å²) in [5.41, 5.74) is 4.49. The molecule has 0 fully saturated rings. The van der Waals surface area contributed by atoms with Crippen molar-refractivity contribution < 1.29 is 12.8 Å². The van der Waals surface area contributed by atoms with Crippen LogP contribution < -0.4 is 5.73 Å². The van der Waals surface area contributed by atoms with Crippen molar-refractivity contribution in [2.45, 2.75) is 30.8 Å². The molecule has 0 amide bonds. The Morgan fingerprint density at radius 3 is 2.19 bits per heavy atom. The summed E-state index contributed by atoms with van der Waals surface area (Å²) in [6, 6.07) is 5.92. The highest BCUT2D eigenvalue weighted by Gasteiger charge is 2.21. The third-order valence-electron chi connectivity index (χ3n) is 2.20. The monoisotopic (exact) mass is 245 g/mol. The molecule has 16 heavy (non-hydrogen) atoms. The Morgan fingerprint density at radius 2 is 1.75 bits per heavy atom. The molecule has 5 heteroatoms. The molecule has 0 saturated heterocycles. The van der Waals surface area contributed by atoms with Crippen molar-refractivity contribution in [2.75, 3.05) is 11.5 Å². The van der Waals surface area contributed by atoms with Gasteiger partial charge in [-0.2, -0.15) is 0 Å². The van der Waals surface area contributed by atoms with Crippen molar-refractivity contribution >= 4 is 15.5 Å². The predicted octanol–water partition coefficient (Wildman–Crippen LogP) is 2.18. The lowest BCUT2D eigenvalue weighted by atomic mass is 10.1. The summed E-state index contributed by atoms with van der Waals surface area (Å²) in [6.07, 6.45) is -0.0142. The van der Waals surface area contributed by atoms with Crippen LogP contribution in [0.15, 0.2) is 29.2 Å². The number of nitrogens with two attached hydrogens (primary N) is 1. The third-order valence-corrected chi connectivity index (χ3v) is 3.94. The molecule has 1 rings (SSSR count). The molecule has 0 saturated carbocycles. The maximum atomic E-state index is 13.2. The molecular formula is C11H16FNO2S. The van der Waals surface area contributed by atoms with Gasteiger partial charge in [0.25, 0.3) is 0 Å². The van der Waals surface area contributed by atoms with E-state index in [4.69, 9.17) is 5.73 Å². The first kappa shape index (κ1) is 13.0. The molecule has 0 bridgehead atoms. The minimum atomic E-state index is -3.41. The maximum Gasteiger partial charge on any atom is 0.178 e. The van der Waals surface area contributed by atoms with Gasteiger partial charge in [0.1, 0.15) is 5.67 Å². The topological polar surface area (TPSA) is 60.2 Å². The van der Waals surface area contributed by atoms with E-state index in [1.54, 1.807) is 0 Å². The summed E-state index contributed by atoms with van der Waals surface area (Å²) in [6.45, 7) is 2.73. The standard InChI is InChI=1S/C11H16FNO2S/c1-11(2,12)7-8-16(14,15)10-5-3-9(13)4-6-10/h3-6H,7-8,13H2,1-2H3. The van der Waals surface area contributed by atoms with Crippen molar-refractivity contribution in [3.8, 4) is 0 Å². The van der Waals surface area contributed by atoms with E-state index in [0.717, 1.165) is 0 Å². The Labute approximate surface area is 95.4 Å². The van der Waals surface area contributed by atoms with Crippen LogP contribution in [0.4, 0.5) is 10.1 Å². The molecule has 2 N–H and O–H groups in total. The van der Waals surface area contributed by atoms with Gasteiger partial charge in [-0.3, -0.25) is 0 Å². The number of alkyl halides is 1. The largest absolute Gasteiger partial charge is 0.399 e. The lowest BCUT2D eigenvalue weighted by Gasteiger charge is -2.13. The molecule has 0 atom stereocenters. The van der Waals surface area contributed by atoms with Crippen LogP contribution in [0.3, 0.4) is 0 Å². The van der Waals surface area contributed by atoms with Crippen LogP contribution in [-0.4, -0.2) is 19.8 Å². The van der Waals surface area contributed by atoms with Gasteiger partial charge in [0, 0.05) is 5.69 Å². The van der Waals surface area contributed by atoms with E-state index in [2.05, 4.69) is 0 Å². The Morgan fingerprint density at radius 1 is 1.25 bits per heavy atom. The van der Waals surface area contributed by atoms with E-state index in [-0.39, 0.29) is 17.1 Å². The van der Waals surface area contributed by atoms with E-state index >= 15 is 0 Å². The van der Waals surface area contributed by atoms with E-state index in [1.807, 2.05) is 0 Å². The Bertz CT molecular complexity index is 446. The highest BCUT2D eigenvalue weighted by Crippen LogP contribution is 2.19. The number of rotatable bonds is 4. The second kappa shape index (κ2) is 4.41.